The second-order valence-corrected chi connectivity index (χ2v) is 7.54. The topological polar surface area (TPSA) is 74.6 Å². The summed E-state index contributed by atoms with van der Waals surface area (Å²) in [5, 5.41) is 19.0. The Morgan fingerprint density at radius 1 is 0.917 bits per heavy atom. The largest absolute Gasteiger partial charge is 0.481 e. The van der Waals surface area contributed by atoms with Crippen LogP contribution in [0.2, 0.25) is 0 Å². The third-order valence-corrected chi connectivity index (χ3v) is 5.61. The molecule has 134 valence electrons. The molecule has 0 aromatic heterocycles. The molecule has 0 amide bonds. The number of carbonyl (C=O) groups is 2. The molecule has 2 N–H and O–H groups in total. The Balaban J connectivity index is 2.10. The molecule has 0 spiro atoms. The fraction of sp³-hybridized carbons (Fsp3) is 0.700. The molecular weight excluding hydrogens is 304 g/mol. The number of rotatable bonds is 9. The fourth-order valence-electron chi connectivity index (χ4n) is 4.34. The highest BCUT2D eigenvalue weighted by molar-refractivity contribution is 5.75. The van der Waals surface area contributed by atoms with Gasteiger partial charge in [-0.3, -0.25) is 9.59 Å². The first-order valence-electron chi connectivity index (χ1n) is 9.27. The van der Waals surface area contributed by atoms with Crippen molar-refractivity contribution in [2.24, 2.45) is 17.3 Å². The van der Waals surface area contributed by atoms with Crippen molar-refractivity contribution in [1.82, 2.24) is 0 Å². The third-order valence-electron chi connectivity index (χ3n) is 5.61. The van der Waals surface area contributed by atoms with Crippen LogP contribution in [-0.2, 0) is 9.59 Å². The summed E-state index contributed by atoms with van der Waals surface area (Å²) in [6.07, 6.45) is 17.1. The van der Waals surface area contributed by atoms with Gasteiger partial charge in [0.25, 0.3) is 0 Å². The molecule has 0 aromatic carbocycles. The highest BCUT2D eigenvalue weighted by Gasteiger charge is 2.41. The number of allylic oxidation sites excluding steroid dienone is 4. The maximum atomic E-state index is 12.3. The molecule has 0 radical (unpaired) electrons. The maximum absolute atomic E-state index is 12.3. The Morgan fingerprint density at radius 2 is 1.46 bits per heavy atom. The predicted molar refractivity (Wildman–Crippen MR) is 93.8 cm³/mol. The van der Waals surface area contributed by atoms with E-state index in [4.69, 9.17) is 5.11 Å². The molecule has 0 aromatic rings. The summed E-state index contributed by atoms with van der Waals surface area (Å²) in [6, 6.07) is 0. The van der Waals surface area contributed by atoms with Crippen molar-refractivity contribution in [3.05, 3.63) is 24.3 Å². The fourth-order valence-corrected chi connectivity index (χ4v) is 4.34. The number of aliphatic carboxylic acids is 2. The van der Waals surface area contributed by atoms with Crippen molar-refractivity contribution in [2.45, 2.75) is 70.6 Å². The van der Waals surface area contributed by atoms with Gasteiger partial charge in [0.05, 0.1) is 5.41 Å². The van der Waals surface area contributed by atoms with Crippen molar-refractivity contribution >= 4 is 11.9 Å². The zero-order chi connectivity index (χ0) is 17.4. The Kier molecular flexibility index (Phi) is 7.07. The van der Waals surface area contributed by atoms with Crippen molar-refractivity contribution in [1.29, 1.82) is 0 Å². The molecule has 0 heterocycles. The molecule has 0 bridgehead atoms. The van der Waals surface area contributed by atoms with Crippen LogP contribution in [0.25, 0.3) is 0 Å². The van der Waals surface area contributed by atoms with Gasteiger partial charge in [0.15, 0.2) is 0 Å². The van der Waals surface area contributed by atoms with Crippen molar-refractivity contribution in [3.63, 3.8) is 0 Å². The van der Waals surface area contributed by atoms with Gasteiger partial charge in [-0.2, -0.15) is 0 Å². The van der Waals surface area contributed by atoms with E-state index in [1.165, 1.54) is 0 Å². The van der Waals surface area contributed by atoms with Crippen LogP contribution in [0, 0.1) is 17.3 Å². The lowest BCUT2D eigenvalue weighted by molar-refractivity contribution is -0.153. The molecule has 4 nitrogen and oxygen atoms in total. The van der Waals surface area contributed by atoms with E-state index in [-0.39, 0.29) is 6.42 Å². The normalized spacial score (nSPS) is 26.0. The standard InChI is InChI=1S/C20H30O4/c21-18(22)12-7-13-20(19(23)24,14-16-8-3-1-4-9-16)15-17-10-5-2-6-11-17/h1-3,5,16-17H,4,6-15H2,(H,21,22)(H,23,24). The summed E-state index contributed by atoms with van der Waals surface area (Å²) in [5.41, 5.74) is -0.763. The minimum Gasteiger partial charge on any atom is -0.481 e. The molecule has 2 aliphatic rings. The smallest absolute Gasteiger partial charge is 0.309 e. The molecule has 2 rings (SSSR count). The van der Waals surface area contributed by atoms with Crippen LogP contribution in [0.3, 0.4) is 0 Å². The molecule has 2 aliphatic carbocycles. The summed E-state index contributed by atoms with van der Waals surface area (Å²) in [7, 11) is 0. The van der Waals surface area contributed by atoms with E-state index >= 15 is 0 Å². The molecular formula is C20H30O4. The van der Waals surface area contributed by atoms with Gasteiger partial charge in [-0.25, -0.2) is 0 Å². The van der Waals surface area contributed by atoms with E-state index in [1.807, 2.05) is 0 Å². The molecule has 0 fully saturated rings. The van der Waals surface area contributed by atoms with Gasteiger partial charge in [0.2, 0.25) is 0 Å². The molecule has 0 saturated heterocycles. The minimum atomic E-state index is -0.838. The van der Waals surface area contributed by atoms with Crippen LogP contribution in [0.4, 0.5) is 0 Å². The first-order chi connectivity index (χ1) is 11.5. The van der Waals surface area contributed by atoms with Crippen LogP contribution in [0.1, 0.15) is 70.6 Å². The lowest BCUT2D eigenvalue weighted by Gasteiger charge is -2.37. The number of hydrogen-bond acceptors (Lipinski definition) is 2. The van der Waals surface area contributed by atoms with Gasteiger partial charge in [0, 0.05) is 6.42 Å². The maximum Gasteiger partial charge on any atom is 0.309 e. The SMILES string of the molecule is O=C(O)CCCC(CC1CC=CCC1)(CC1CC=CCC1)C(=O)O. The van der Waals surface area contributed by atoms with Crippen LogP contribution >= 0.6 is 0 Å². The van der Waals surface area contributed by atoms with Gasteiger partial charge in [0.1, 0.15) is 0 Å². The van der Waals surface area contributed by atoms with E-state index in [0.717, 1.165) is 38.5 Å². The molecule has 24 heavy (non-hydrogen) atoms. The van der Waals surface area contributed by atoms with E-state index in [1.54, 1.807) is 0 Å². The predicted octanol–water partition coefficient (Wildman–Crippen LogP) is 4.81. The molecule has 0 saturated carbocycles. The zero-order valence-electron chi connectivity index (χ0n) is 14.5. The van der Waals surface area contributed by atoms with E-state index in [0.29, 0.717) is 37.5 Å². The van der Waals surface area contributed by atoms with E-state index in [2.05, 4.69) is 24.3 Å². The number of carboxylic acid groups (broad SMARTS) is 2. The first kappa shape index (κ1) is 18.8. The second kappa shape index (κ2) is 9.05. The lowest BCUT2D eigenvalue weighted by atomic mass is 9.67. The quantitative estimate of drug-likeness (QED) is 0.594. The van der Waals surface area contributed by atoms with E-state index in [9.17, 15) is 14.7 Å². The summed E-state index contributed by atoms with van der Waals surface area (Å²) in [6.45, 7) is 0. The Bertz CT molecular complexity index is 466. The van der Waals surface area contributed by atoms with Gasteiger partial charge < -0.3 is 10.2 Å². The molecule has 2 unspecified atom stereocenters. The molecule has 4 heteroatoms. The summed E-state index contributed by atoms with van der Waals surface area (Å²) in [5.74, 6) is -0.738. The molecule has 0 aliphatic heterocycles. The zero-order valence-corrected chi connectivity index (χ0v) is 14.5. The average Bonchev–Trinajstić information content (AvgIpc) is 2.56. The second-order valence-electron chi connectivity index (χ2n) is 7.54. The number of carboxylic acids is 2. The summed E-state index contributed by atoms with van der Waals surface area (Å²) >= 11 is 0. The van der Waals surface area contributed by atoms with Crippen LogP contribution < -0.4 is 0 Å². The van der Waals surface area contributed by atoms with Crippen LogP contribution in [0.15, 0.2) is 24.3 Å². The van der Waals surface area contributed by atoms with Crippen molar-refractivity contribution < 1.29 is 19.8 Å². The highest BCUT2D eigenvalue weighted by atomic mass is 16.4. The summed E-state index contributed by atoms with van der Waals surface area (Å²) in [4.78, 5) is 23.1. The van der Waals surface area contributed by atoms with Gasteiger partial charge in [-0.1, -0.05) is 24.3 Å². The third kappa shape index (κ3) is 5.50. The minimum absolute atomic E-state index is 0.0597. The average molecular weight is 334 g/mol. The van der Waals surface area contributed by atoms with Gasteiger partial charge in [-0.15, -0.1) is 0 Å². The molecule has 2 atom stereocenters. The van der Waals surface area contributed by atoms with Crippen molar-refractivity contribution in [2.75, 3.05) is 0 Å². The summed E-state index contributed by atoms with van der Waals surface area (Å²) < 4.78 is 0. The van der Waals surface area contributed by atoms with Gasteiger partial charge in [-0.05, 0) is 76.0 Å². The lowest BCUT2D eigenvalue weighted by Crippen LogP contribution is -2.36. The Hall–Kier alpha value is -1.58. The Morgan fingerprint density at radius 3 is 1.83 bits per heavy atom. The Labute approximate surface area is 144 Å². The van der Waals surface area contributed by atoms with E-state index < -0.39 is 17.4 Å². The number of hydrogen-bond donors (Lipinski definition) is 2. The van der Waals surface area contributed by atoms with Crippen LogP contribution in [-0.4, -0.2) is 22.2 Å². The highest BCUT2D eigenvalue weighted by Crippen LogP contribution is 2.44. The van der Waals surface area contributed by atoms with Crippen molar-refractivity contribution in [3.8, 4) is 0 Å². The first-order valence-corrected chi connectivity index (χ1v) is 9.27. The van der Waals surface area contributed by atoms with Gasteiger partial charge >= 0.3 is 11.9 Å². The monoisotopic (exact) mass is 334 g/mol. The van der Waals surface area contributed by atoms with Crippen LogP contribution in [0.5, 0.6) is 0 Å².